The van der Waals surface area contributed by atoms with Crippen LogP contribution in [0.1, 0.15) is 99.9 Å². The molecule has 6 aliphatic rings. The predicted octanol–water partition coefficient (Wildman–Crippen LogP) is 15.3. The summed E-state index contributed by atoms with van der Waals surface area (Å²) in [7, 11) is 0. The smallest absolute Gasteiger partial charge is 0.252 e. The summed E-state index contributed by atoms with van der Waals surface area (Å²) in [5, 5.41) is 0. The van der Waals surface area contributed by atoms with Gasteiger partial charge < -0.3 is 19.6 Å². The summed E-state index contributed by atoms with van der Waals surface area (Å²) in [4.78, 5) is 10.4. The lowest BCUT2D eigenvalue weighted by Crippen LogP contribution is -2.63. The van der Waals surface area contributed by atoms with Crippen LogP contribution in [-0.2, 0) is 21.7 Å². The van der Waals surface area contributed by atoms with E-state index in [2.05, 4.69) is 263 Å². The van der Waals surface area contributed by atoms with Crippen LogP contribution in [0.15, 0.2) is 188 Å². The molecule has 0 N–H and O–H groups in total. The number of benzene rings is 9. The minimum absolute atomic E-state index is 0.0531. The highest BCUT2D eigenvalue weighted by atomic mass is 15.2. The molecule has 71 heavy (non-hydrogen) atoms. The molecule has 9 aromatic carbocycles. The Balaban J connectivity index is 0.995. The van der Waals surface area contributed by atoms with Crippen molar-refractivity contribution < 1.29 is 0 Å². The van der Waals surface area contributed by atoms with Crippen LogP contribution >= 0.6 is 0 Å². The van der Waals surface area contributed by atoms with Crippen LogP contribution in [0.2, 0.25) is 0 Å². The molecule has 6 aliphatic heterocycles. The van der Waals surface area contributed by atoms with Gasteiger partial charge in [-0.1, -0.05) is 171 Å². The highest BCUT2D eigenvalue weighted by Gasteiger charge is 2.52. The standard InChI is InChI=1S/C66H55BN4/c1-63(2)42-26-15-17-32-52(42)68(40-22-11-9-12-23-40)56-36-48-58(38-46(56)63)70-54-34-21-35-55-60(54)67(50-30-19-28-44(61(50)70)65(48,5)6)51-31-20-29-45-62(51)71(55)59-39-47-57(37-49(59)66(45,7)8)69(41-24-13-10-14-25-41)53-33-18-16-27-43(53)64(47,3)4/h9-39H,1-8H3. The zero-order valence-electron chi connectivity index (χ0n) is 41.8. The minimum Gasteiger partial charge on any atom is -0.311 e. The number of para-hydroxylation sites is 6. The maximum atomic E-state index is 2.68. The Morgan fingerprint density at radius 1 is 0.268 bits per heavy atom. The van der Waals surface area contributed by atoms with Crippen LogP contribution in [-0.4, -0.2) is 6.71 Å². The third-order valence-electron chi connectivity index (χ3n) is 17.9. The summed E-state index contributed by atoms with van der Waals surface area (Å²) < 4.78 is 0. The molecule has 0 saturated carbocycles. The molecule has 0 spiro atoms. The first-order valence-electron chi connectivity index (χ1n) is 25.6. The fraction of sp³-hybridized carbons (Fsp3) is 0.182. The van der Waals surface area contributed by atoms with Gasteiger partial charge in [0.05, 0.1) is 34.1 Å². The van der Waals surface area contributed by atoms with Crippen LogP contribution in [0.5, 0.6) is 0 Å². The minimum atomic E-state index is -0.291. The molecule has 0 amide bonds. The highest BCUT2D eigenvalue weighted by Crippen LogP contribution is 2.62. The van der Waals surface area contributed by atoms with Crippen molar-refractivity contribution in [3.8, 4) is 0 Å². The first-order valence-corrected chi connectivity index (χ1v) is 25.6. The van der Waals surface area contributed by atoms with E-state index in [1.807, 2.05) is 0 Å². The third kappa shape index (κ3) is 5.01. The summed E-state index contributed by atoms with van der Waals surface area (Å²) >= 11 is 0. The number of anilines is 12. The normalized spacial score (nSPS) is 17.6. The molecule has 0 bridgehead atoms. The topological polar surface area (TPSA) is 13.0 Å². The van der Waals surface area contributed by atoms with Crippen LogP contribution < -0.4 is 36.0 Å². The van der Waals surface area contributed by atoms with Gasteiger partial charge in [0.15, 0.2) is 0 Å². The van der Waals surface area contributed by atoms with Gasteiger partial charge in [0.1, 0.15) is 0 Å². The van der Waals surface area contributed by atoms with E-state index in [1.165, 1.54) is 129 Å². The molecule has 0 aliphatic carbocycles. The maximum Gasteiger partial charge on any atom is 0.252 e. The fourth-order valence-electron chi connectivity index (χ4n) is 14.4. The Morgan fingerprint density at radius 3 is 0.986 bits per heavy atom. The molecule has 0 fully saturated rings. The molecule has 9 aromatic rings. The van der Waals surface area contributed by atoms with Crippen LogP contribution in [0.4, 0.5) is 68.2 Å². The van der Waals surface area contributed by atoms with Gasteiger partial charge >= 0.3 is 0 Å². The lowest BCUT2D eigenvalue weighted by atomic mass is 9.32. The van der Waals surface area contributed by atoms with E-state index < -0.39 is 0 Å². The largest absolute Gasteiger partial charge is 0.311 e. The number of hydrogen-bond donors (Lipinski definition) is 0. The van der Waals surface area contributed by atoms with Gasteiger partial charge in [0.25, 0.3) is 6.71 Å². The van der Waals surface area contributed by atoms with Gasteiger partial charge in [-0.25, -0.2) is 0 Å². The molecular formula is C66H55BN4. The highest BCUT2D eigenvalue weighted by molar-refractivity contribution is 7.00. The Morgan fingerprint density at radius 2 is 0.577 bits per heavy atom. The molecule has 0 saturated heterocycles. The van der Waals surface area contributed by atoms with Crippen LogP contribution in [0.3, 0.4) is 0 Å². The second-order valence-electron chi connectivity index (χ2n) is 22.9. The predicted molar refractivity (Wildman–Crippen MR) is 298 cm³/mol. The Bertz CT molecular complexity index is 3570. The van der Waals surface area contributed by atoms with E-state index in [4.69, 9.17) is 0 Å². The summed E-state index contributed by atoms with van der Waals surface area (Å²) in [6, 6.07) is 71.8. The number of hydrogen-bond acceptors (Lipinski definition) is 4. The van der Waals surface area contributed by atoms with Gasteiger partial charge in [-0.15, -0.1) is 0 Å². The van der Waals surface area contributed by atoms with E-state index in [-0.39, 0.29) is 28.4 Å². The first-order chi connectivity index (χ1) is 34.3. The summed E-state index contributed by atoms with van der Waals surface area (Å²) in [5.74, 6) is 0. The molecule has 0 radical (unpaired) electrons. The van der Waals surface area contributed by atoms with Crippen molar-refractivity contribution in [1.29, 1.82) is 0 Å². The monoisotopic (exact) mass is 914 g/mol. The van der Waals surface area contributed by atoms with Crippen LogP contribution in [0, 0.1) is 0 Å². The molecule has 0 atom stereocenters. The van der Waals surface area contributed by atoms with Crippen molar-refractivity contribution in [1.82, 2.24) is 0 Å². The van der Waals surface area contributed by atoms with Crippen molar-refractivity contribution in [2.45, 2.75) is 77.0 Å². The van der Waals surface area contributed by atoms with Crippen molar-refractivity contribution in [2.75, 3.05) is 19.6 Å². The lowest BCUT2D eigenvalue weighted by Gasteiger charge is -2.53. The number of fused-ring (bicyclic) bond motifs is 12. The SMILES string of the molecule is CC1(C)c2ccccc2N(c2ccccc2)c2cc3c(cc21)N1c2cccc4c2B(c2cccc(c21)C3(C)C)c1cccc2c1N4c1cc3c(cc1C2(C)C)N(c1ccccc1)c1ccccc1C3(C)C. The Hall–Kier alpha value is -7.76. The average Bonchev–Trinajstić information content (AvgIpc) is 3.38. The van der Waals surface area contributed by atoms with E-state index in [0.29, 0.717) is 0 Å². The maximum absolute atomic E-state index is 2.68. The van der Waals surface area contributed by atoms with Gasteiger partial charge in [-0.05, 0) is 134 Å². The number of rotatable bonds is 2. The summed E-state index contributed by atoms with van der Waals surface area (Å²) in [6.45, 7) is 19.6. The molecule has 5 heteroatoms. The quantitative estimate of drug-likeness (QED) is 0.160. The zero-order chi connectivity index (χ0) is 48.1. The van der Waals surface area contributed by atoms with Crippen molar-refractivity contribution >= 4 is 91.3 Å². The second kappa shape index (κ2) is 13.6. The molecular weight excluding hydrogens is 860 g/mol. The van der Waals surface area contributed by atoms with Gasteiger partial charge in [0.2, 0.25) is 0 Å². The van der Waals surface area contributed by atoms with Crippen molar-refractivity contribution in [3.05, 3.63) is 233 Å². The first kappa shape index (κ1) is 41.1. The van der Waals surface area contributed by atoms with E-state index in [0.717, 1.165) is 0 Å². The van der Waals surface area contributed by atoms with E-state index in [1.54, 1.807) is 0 Å². The summed E-state index contributed by atoms with van der Waals surface area (Å²) in [5.41, 5.74) is 28.9. The molecule has 0 aromatic heterocycles. The van der Waals surface area contributed by atoms with Crippen molar-refractivity contribution in [2.24, 2.45) is 0 Å². The van der Waals surface area contributed by atoms with Crippen molar-refractivity contribution in [3.63, 3.8) is 0 Å². The van der Waals surface area contributed by atoms with Gasteiger partial charge in [0, 0.05) is 55.8 Å². The third-order valence-corrected chi connectivity index (χ3v) is 17.9. The molecule has 15 rings (SSSR count). The molecule has 0 unspecified atom stereocenters. The van der Waals surface area contributed by atoms with E-state index >= 15 is 0 Å². The van der Waals surface area contributed by atoms with E-state index in [9.17, 15) is 0 Å². The number of nitrogens with zero attached hydrogens (tertiary/aromatic N) is 4. The molecule has 4 nitrogen and oxygen atoms in total. The average molecular weight is 915 g/mol. The Kier molecular flexibility index (Phi) is 7.84. The van der Waals surface area contributed by atoms with Gasteiger partial charge in [-0.2, -0.15) is 0 Å². The second-order valence-corrected chi connectivity index (χ2v) is 22.9. The van der Waals surface area contributed by atoms with Crippen LogP contribution in [0.25, 0.3) is 0 Å². The van der Waals surface area contributed by atoms with Gasteiger partial charge in [-0.3, -0.25) is 0 Å². The lowest BCUT2D eigenvalue weighted by molar-refractivity contribution is 0.615. The molecule has 342 valence electrons. The molecule has 6 heterocycles. The Labute approximate surface area is 418 Å². The zero-order valence-corrected chi connectivity index (χ0v) is 41.8. The summed E-state index contributed by atoms with van der Waals surface area (Å²) in [6.07, 6.45) is 0. The fourth-order valence-corrected chi connectivity index (χ4v) is 14.4.